The van der Waals surface area contributed by atoms with Crippen LogP contribution in [0.3, 0.4) is 0 Å². The fourth-order valence-electron chi connectivity index (χ4n) is 4.58. The predicted octanol–water partition coefficient (Wildman–Crippen LogP) is 2.42. The van der Waals surface area contributed by atoms with E-state index < -0.39 is 70.8 Å². The third kappa shape index (κ3) is 8.13. The number of carbonyl (C=O) groups excluding carboxylic acids is 5. The lowest BCUT2D eigenvalue weighted by molar-refractivity contribution is -0.270. The molecule has 244 valence electrons. The summed E-state index contributed by atoms with van der Waals surface area (Å²) in [5.41, 5.74) is 0.589. The van der Waals surface area contributed by atoms with Crippen molar-refractivity contribution in [1.29, 1.82) is 0 Å². The van der Waals surface area contributed by atoms with Gasteiger partial charge in [-0.05, 0) is 36.1 Å². The second-order valence-corrected chi connectivity index (χ2v) is 12.3. The summed E-state index contributed by atoms with van der Waals surface area (Å²) < 4.78 is 70.9. The lowest BCUT2D eigenvalue weighted by Gasteiger charge is -2.28. The Labute approximate surface area is 255 Å². The lowest BCUT2D eigenvalue weighted by Crippen LogP contribution is -2.59. The number of hydrogen-bond acceptors (Lipinski definition) is 8. The molecule has 0 radical (unpaired) electrons. The van der Waals surface area contributed by atoms with Crippen LogP contribution < -0.4 is 16.0 Å². The number of morpholine rings is 1. The average molecular weight is 651 g/mol. The molecule has 10 nitrogen and oxygen atoms in total. The van der Waals surface area contributed by atoms with Crippen LogP contribution in [0.4, 0.5) is 22.0 Å². The second-order valence-electron chi connectivity index (χ2n) is 11.2. The maximum Gasteiger partial charge on any atom is 0.461 e. The van der Waals surface area contributed by atoms with Gasteiger partial charge in [0.05, 0.1) is 31.3 Å². The van der Waals surface area contributed by atoms with Gasteiger partial charge >= 0.3 is 12.1 Å². The highest BCUT2D eigenvalue weighted by Gasteiger charge is 2.64. The van der Waals surface area contributed by atoms with Crippen LogP contribution in [-0.2, 0) is 19.1 Å². The molecule has 1 aromatic carbocycles. The minimum Gasteiger partial charge on any atom is -0.378 e. The van der Waals surface area contributed by atoms with Crippen molar-refractivity contribution in [2.75, 3.05) is 32.1 Å². The van der Waals surface area contributed by atoms with Crippen molar-refractivity contribution in [3.05, 3.63) is 35.4 Å². The van der Waals surface area contributed by atoms with Crippen molar-refractivity contribution in [2.24, 2.45) is 11.8 Å². The van der Waals surface area contributed by atoms with Gasteiger partial charge in [-0.3, -0.25) is 29.3 Å². The number of rotatable bonds is 11. The van der Waals surface area contributed by atoms with E-state index in [4.69, 9.17) is 4.74 Å². The van der Waals surface area contributed by atoms with Crippen LogP contribution in [0.5, 0.6) is 0 Å². The molecule has 16 heteroatoms. The Balaban J connectivity index is 1.62. The topological polar surface area (TPSA) is 134 Å². The van der Waals surface area contributed by atoms with Crippen LogP contribution in [-0.4, -0.2) is 102 Å². The number of thioether (sulfide) groups is 1. The van der Waals surface area contributed by atoms with Crippen molar-refractivity contribution in [1.82, 2.24) is 20.9 Å². The van der Waals surface area contributed by atoms with Crippen LogP contribution in [0.1, 0.15) is 48.4 Å². The molecule has 2 saturated heterocycles. The molecule has 3 N–H and O–H groups in total. The van der Waals surface area contributed by atoms with Crippen LogP contribution >= 0.6 is 11.8 Å². The Kier molecular flexibility index (Phi) is 11.5. The van der Waals surface area contributed by atoms with E-state index in [1.54, 1.807) is 18.7 Å². The number of halogens is 5. The summed E-state index contributed by atoms with van der Waals surface area (Å²) in [5.74, 6) is -12.0. The standard InChI is InChI=1S/C28H35F5N4O6S/c1-14(2)19(35-23(40)16-5-7-17(8-6-16)26(42)37-9-11-43-12-10-37)21(38)25-34-18(13-44-25)24(41)36-20(15(3)4)22(39)27(29,30)28(31,32)33/h5-8,14-15,18-20,25,34H,9-13H2,1-4H3,(H,35,40)(H,36,41)/t18?,19-,20?,25?/m1/s1. The molecule has 3 unspecified atom stereocenters. The summed E-state index contributed by atoms with van der Waals surface area (Å²) in [6, 6.07) is 1.62. The SMILES string of the molecule is CC(C)C(NC(=O)C1CSC(C(=O)[C@H](NC(=O)c2ccc(C(=O)N3CCOCC3)cc2)C(C)C)N1)C(=O)C(F)(F)C(F)(F)F. The predicted molar refractivity (Wildman–Crippen MR) is 150 cm³/mol. The van der Waals surface area contributed by atoms with Gasteiger partial charge in [-0.1, -0.05) is 27.7 Å². The maximum atomic E-state index is 13.7. The van der Waals surface area contributed by atoms with Crippen LogP contribution in [0, 0.1) is 11.8 Å². The average Bonchev–Trinajstić information content (AvgIpc) is 3.47. The summed E-state index contributed by atoms with van der Waals surface area (Å²) in [4.78, 5) is 65.5. The van der Waals surface area contributed by atoms with E-state index in [1.165, 1.54) is 38.1 Å². The van der Waals surface area contributed by atoms with Crippen molar-refractivity contribution >= 4 is 41.0 Å². The highest BCUT2D eigenvalue weighted by molar-refractivity contribution is 8.00. The van der Waals surface area contributed by atoms with Crippen LogP contribution in [0.2, 0.25) is 0 Å². The summed E-state index contributed by atoms with van der Waals surface area (Å²) in [6.07, 6.45) is -6.13. The number of amides is 3. The van der Waals surface area contributed by atoms with Gasteiger partial charge in [0, 0.05) is 30.0 Å². The highest BCUT2D eigenvalue weighted by atomic mass is 32.2. The minimum atomic E-state index is -6.13. The third-order valence-electron chi connectivity index (χ3n) is 7.22. The molecule has 2 heterocycles. The van der Waals surface area contributed by atoms with E-state index in [2.05, 4.69) is 10.6 Å². The molecule has 2 aliphatic heterocycles. The molecule has 0 bridgehead atoms. The Morgan fingerprint density at radius 3 is 1.95 bits per heavy atom. The number of ether oxygens (including phenoxy) is 1. The van der Waals surface area contributed by atoms with E-state index in [-0.39, 0.29) is 17.2 Å². The van der Waals surface area contributed by atoms with Gasteiger partial charge < -0.3 is 20.3 Å². The molecule has 3 rings (SSSR count). The Bertz CT molecular complexity index is 1240. The largest absolute Gasteiger partial charge is 0.461 e. The number of nitrogens with zero attached hydrogens (tertiary/aromatic N) is 1. The van der Waals surface area contributed by atoms with Crippen molar-refractivity contribution in [3.8, 4) is 0 Å². The van der Waals surface area contributed by atoms with Gasteiger partial charge in [0.15, 0.2) is 5.78 Å². The zero-order valence-corrected chi connectivity index (χ0v) is 25.3. The van der Waals surface area contributed by atoms with Gasteiger partial charge in [-0.2, -0.15) is 22.0 Å². The van der Waals surface area contributed by atoms with Gasteiger partial charge in [0.2, 0.25) is 11.7 Å². The molecule has 3 amide bonds. The number of Topliss-reactive ketones (excluding diaryl/α,β-unsaturated/α-hetero) is 2. The van der Waals surface area contributed by atoms with Crippen LogP contribution in [0.15, 0.2) is 24.3 Å². The van der Waals surface area contributed by atoms with E-state index in [0.29, 0.717) is 31.9 Å². The zero-order chi connectivity index (χ0) is 33.0. The van der Waals surface area contributed by atoms with E-state index >= 15 is 0 Å². The molecule has 0 aliphatic carbocycles. The first-order valence-corrected chi connectivity index (χ1v) is 15.0. The Morgan fingerprint density at radius 1 is 0.886 bits per heavy atom. The number of ketones is 2. The Morgan fingerprint density at radius 2 is 1.43 bits per heavy atom. The molecular formula is C28H35F5N4O6S. The second kappa shape index (κ2) is 14.3. The molecule has 0 aromatic heterocycles. The molecule has 0 spiro atoms. The summed E-state index contributed by atoms with van der Waals surface area (Å²) in [6.45, 7) is 7.60. The molecular weight excluding hydrogens is 615 g/mol. The Hall–Kier alpha value is -3.11. The quantitative estimate of drug-likeness (QED) is 0.311. The van der Waals surface area contributed by atoms with Crippen molar-refractivity contribution < 1.29 is 50.7 Å². The van der Waals surface area contributed by atoms with Gasteiger partial charge in [-0.15, -0.1) is 11.8 Å². The molecule has 4 atom stereocenters. The van der Waals surface area contributed by atoms with E-state index in [1.807, 2.05) is 5.32 Å². The van der Waals surface area contributed by atoms with E-state index in [0.717, 1.165) is 11.8 Å². The lowest BCUT2D eigenvalue weighted by atomic mass is 9.95. The number of benzene rings is 1. The van der Waals surface area contributed by atoms with Gasteiger partial charge in [-0.25, -0.2) is 0 Å². The minimum absolute atomic E-state index is 0.0473. The third-order valence-corrected chi connectivity index (χ3v) is 8.45. The fourth-order valence-corrected chi connectivity index (χ4v) is 5.78. The maximum absolute atomic E-state index is 13.7. The molecule has 44 heavy (non-hydrogen) atoms. The van der Waals surface area contributed by atoms with Crippen molar-refractivity contribution in [2.45, 2.75) is 63.3 Å². The number of nitrogens with one attached hydrogen (secondary N) is 3. The monoisotopic (exact) mass is 650 g/mol. The highest BCUT2D eigenvalue weighted by Crippen LogP contribution is 2.37. The number of alkyl halides is 5. The van der Waals surface area contributed by atoms with Gasteiger partial charge in [0.1, 0.15) is 5.37 Å². The first-order valence-electron chi connectivity index (χ1n) is 13.9. The van der Waals surface area contributed by atoms with E-state index in [9.17, 15) is 45.9 Å². The molecule has 2 aliphatic rings. The van der Waals surface area contributed by atoms with Crippen LogP contribution in [0.25, 0.3) is 0 Å². The van der Waals surface area contributed by atoms with Gasteiger partial charge in [0.25, 0.3) is 11.8 Å². The fraction of sp³-hybridized carbons (Fsp3) is 0.607. The smallest absolute Gasteiger partial charge is 0.378 e. The summed E-state index contributed by atoms with van der Waals surface area (Å²) >= 11 is 0.991. The molecule has 1 aromatic rings. The normalized spacial score (nSPS) is 20.8. The molecule has 0 saturated carbocycles. The first kappa shape index (κ1) is 35.4. The summed E-state index contributed by atoms with van der Waals surface area (Å²) in [7, 11) is 0. The molecule has 2 fully saturated rings. The number of hydrogen-bond donors (Lipinski definition) is 3. The number of carbonyl (C=O) groups is 5. The summed E-state index contributed by atoms with van der Waals surface area (Å²) in [5, 5.41) is 6.35. The zero-order valence-electron chi connectivity index (χ0n) is 24.5. The van der Waals surface area contributed by atoms with Crippen molar-refractivity contribution in [3.63, 3.8) is 0 Å². The first-order chi connectivity index (χ1) is 20.5.